The molecule has 0 saturated carbocycles. The summed E-state index contributed by atoms with van der Waals surface area (Å²) in [6.07, 6.45) is 6.68. The number of aromatic amines is 3. The number of aliphatic carboxylic acids is 1. The molecule has 6 atom stereocenters. The minimum absolute atomic E-state index is 0.0312. The Morgan fingerprint density at radius 3 is 1.32 bits per heavy atom. The van der Waals surface area contributed by atoms with E-state index in [4.69, 9.17) is 15.9 Å². The Hall–Kier alpha value is -7.59. The molecule has 10 rings (SSSR count). The summed E-state index contributed by atoms with van der Waals surface area (Å²) in [6.45, 7) is 27.2. The van der Waals surface area contributed by atoms with Crippen LogP contribution >= 0.6 is 0 Å². The number of carboxylic acids is 1. The first-order valence-corrected chi connectivity index (χ1v) is 31.4. The van der Waals surface area contributed by atoms with Crippen molar-refractivity contribution in [2.75, 3.05) is 39.3 Å². The Bertz CT molecular complexity index is 3420. The molecule has 3 aliphatic rings. The van der Waals surface area contributed by atoms with Crippen LogP contribution in [0, 0.1) is 29.6 Å². The minimum Gasteiger partial charge on any atom is -0.481 e. The molecule has 4 aromatic heterocycles. The summed E-state index contributed by atoms with van der Waals surface area (Å²) < 4.78 is 1.79. The molecule has 3 aromatic carbocycles. The van der Waals surface area contributed by atoms with E-state index in [1.54, 1.807) is 10.7 Å². The molecule has 0 aliphatic carbocycles. The van der Waals surface area contributed by atoms with Gasteiger partial charge in [-0.1, -0.05) is 153 Å². The third-order valence-corrected chi connectivity index (χ3v) is 17.5. The van der Waals surface area contributed by atoms with Gasteiger partial charge in [-0.3, -0.25) is 38.7 Å². The summed E-state index contributed by atoms with van der Waals surface area (Å²) in [4.78, 5) is 79.8. The SMILES string of the molecule is CC1CN(Cc2ccccc2)CC1c1nnc(CN)c(=O)[nH]1.CCC(CC)C(=O)NCc1nnc(C2CN(Cc3ccccc3)CC2C)[nH]c1=O.CCC(CC)C(=O)O.CCC(CC)c1ncc2c(=O)[nH]c(C3CN(Cc4ccccc4)CC3C)nn12. The molecule has 87 heavy (non-hydrogen) atoms. The normalized spacial score (nSPS) is 19.6. The lowest BCUT2D eigenvalue weighted by Crippen LogP contribution is -2.33. The van der Waals surface area contributed by atoms with E-state index in [0.29, 0.717) is 40.8 Å². The van der Waals surface area contributed by atoms with Crippen LogP contribution in [0.3, 0.4) is 0 Å². The molecule has 6 unspecified atom stereocenters. The molecule has 0 radical (unpaired) electrons. The van der Waals surface area contributed by atoms with Crippen molar-refractivity contribution in [1.29, 1.82) is 0 Å². The highest BCUT2D eigenvalue weighted by molar-refractivity contribution is 5.78. The van der Waals surface area contributed by atoms with Crippen molar-refractivity contribution in [2.24, 2.45) is 35.3 Å². The van der Waals surface area contributed by atoms with E-state index in [1.807, 2.05) is 45.9 Å². The average molecular weight is 1190 g/mol. The number of carbonyl (C=O) groups excluding carboxylic acids is 1. The maximum atomic E-state index is 12.7. The van der Waals surface area contributed by atoms with Crippen LogP contribution in [0.5, 0.6) is 0 Å². The van der Waals surface area contributed by atoms with Crippen LogP contribution in [-0.4, -0.2) is 121 Å². The molecule has 0 spiro atoms. The highest BCUT2D eigenvalue weighted by Gasteiger charge is 2.36. The van der Waals surface area contributed by atoms with E-state index in [2.05, 4.69) is 168 Å². The molecule has 0 bridgehead atoms. The zero-order valence-electron chi connectivity index (χ0n) is 52.5. The number of H-pyrrole nitrogens is 3. The van der Waals surface area contributed by atoms with Crippen LogP contribution in [0.2, 0.25) is 0 Å². The molecule has 7 N–H and O–H groups in total. The fraction of sp³-hybridized carbons (Fsp3) is 0.530. The molecular formula is C66H93N15O6. The van der Waals surface area contributed by atoms with Gasteiger partial charge in [0.25, 0.3) is 16.7 Å². The van der Waals surface area contributed by atoms with Gasteiger partial charge >= 0.3 is 5.97 Å². The molecule has 3 saturated heterocycles. The van der Waals surface area contributed by atoms with Crippen molar-refractivity contribution in [3.63, 3.8) is 0 Å². The Labute approximate surface area is 511 Å². The van der Waals surface area contributed by atoms with Gasteiger partial charge in [0, 0.05) is 95.0 Å². The first-order valence-electron chi connectivity index (χ1n) is 31.4. The van der Waals surface area contributed by atoms with Gasteiger partial charge in [-0.05, 0) is 73.0 Å². The molecule has 3 fully saturated rings. The van der Waals surface area contributed by atoms with Crippen molar-refractivity contribution < 1.29 is 14.7 Å². The van der Waals surface area contributed by atoms with Crippen molar-refractivity contribution >= 4 is 17.4 Å². The van der Waals surface area contributed by atoms with E-state index < -0.39 is 5.97 Å². The first kappa shape index (κ1) is 66.9. The largest absolute Gasteiger partial charge is 0.481 e. The summed E-state index contributed by atoms with van der Waals surface area (Å²) in [5.41, 5.74) is 9.85. The number of fused-ring (bicyclic) bond motifs is 1. The lowest BCUT2D eigenvalue weighted by atomic mass is 9.97. The number of rotatable bonds is 21. The summed E-state index contributed by atoms with van der Waals surface area (Å²) in [5.74, 6) is 4.25. The predicted octanol–water partition coefficient (Wildman–Crippen LogP) is 8.38. The molecule has 7 heterocycles. The lowest BCUT2D eigenvalue weighted by molar-refractivity contribution is -0.141. The number of imidazole rings is 1. The molecular weight excluding hydrogens is 1100 g/mol. The van der Waals surface area contributed by atoms with Crippen LogP contribution in [0.1, 0.15) is 176 Å². The highest BCUT2D eigenvalue weighted by Crippen LogP contribution is 2.33. The van der Waals surface area contributed by atoms with Crippen molar-refractivity contribution in [3.05, 3.63) is 180 Å². The van der Waals surface area contributed by atoms with Gasteiger partial charge in [0.15, 0.2) is 5.52 Å². The quantitative estimate of drug-likeness (QED) is 0.0394. The standard InChI is InChI=1S/C22H31N5O2.C22H29N5O.C16H21N5O.C6H12O2/c1-4-17(5-2)21(28)23-11-19-22(29)24-20(26-25-19)18-14-27(12-15(18)3)13-16-9-7-6-8-10-16;1-4-17(5-2)21-23-11-19-22(28)24-20(25-27(19)21)18-14-26(12-15(18)3)13-16-9-7-6-8-10-16;1-11-8-21(9-12-5-3-2-4-6-12)10-13(11)15-18-16(22)14(7-17)19-20-15;1-3-5(4-2)6(7)8/h6-10,15,17-18H,4-5,11-14H2,1-3H3,(H,23,28)(H,24,26,29);6-11,15,17-18H,4-5,12-14H2,1-3H3,(H,24,25,28);2-6,11,13H,7-10,17H2,1H3,(H,18,20,22);5H,3-4H2,1-2H3,(H,7,8). The number of nitrogens with two attached hydrogens (primary N) is 1. The highest BCUT2D eigenvalue weighted by atomic mass is 16.4. The minimum atomic E-state index is -0.671. The van der Waals surface area contributed by atoms with Gasteiger partial charge in [-0.15, -0.1) is 20.4 Å². The predicted molar refractivity (Wildman–Crippen MR) is 339 cm³/mol. The smallest absolute Gasteiger partial charge is 0.306 e. The number of carboxylic acid groups (broad SMARTS) is 1. The number of hydrogen-bond donors (Lipinski definition) is 6. The van der Waals surface area contributed by atoms with Crippen LogP contribution in [0.15, 0.2) is 112 Å². The summed E-state index contributed by atoms with van der Waals surface area (Å²) >= 11 is 0. The van der Waals surface area contributed by atoms with Gasteiger partial charge in [0.05, 0.1) is 18.7 Å². The number of nitrogens with zero attached hydrogens (tertiary/aromatic N) is 10. The average Bonchev–Trinajstić information content (AvgIpc) is 2.65. The fourth-order valence-electron chi connectivity index (χ4n) is 12.2. The molecule has 3 aliphatic heterocycles. The second-order valence-electron chi connectivity index (χ2n) is 23.8. The van der Waals surface area contributed by atoms with Gasteiger partial charge < -0.3 is 31.1 Å². The number of hydrogen-bond acceptors (Lipinski definition) is 15. The maximum Gasteiger partial charge on any atom is 0.306 e. The van der Waals surface area contributed by atoms with E-state index in [1.165, 1.54) is 16.7 Å². The van der Waals surface area contributed by atoms with Gasteiger partial charge in [-0.25, -0.2) is 9.50 Å². The van der Waals surface area contributed by atoms with E-state index in [-0.39, 0.29) is 76.7 Å². The molecule has 468 valence electrons. The second-order valence-corrected chi connectivity index (χ2v) is 23.8. The van der Waals surface area contributed by atoms with E-state index >= 15 is 0 Å². The number of amides is 1. The van der Waals surface area contributed by atoms with Crippen LogP contribution < -0.4 is 27.7 Å². The van der Waals surface area contributed by atoms with Crippen molar-refractivity contribution in [2.45, 2.75) is 157 Å². The monoisotopic (exact) mass is 1190 g/mol. The summed E-state index contributed by atoms with van der Waals surface area (Å²) in [7, 11) is 0. The number of benzene rings is 3. The number of aromatic nitrogens is 10. The number of nitrogens with one attached hydrogen (secondary N) is 4. The van der Waals surface area contributed by atoms with Gasteiger partial charge in [0.1, 0.15) is 34.7 Å². The van der Waals surface area contributed by atoms with Crippen molar-refractivity contribution in [1.82, 2.24) is 70.0 Å². The third-order valence-electron chi connectivity index (χ3n) is 17.5. The molecule has 7 aromatic rings. The van der Waals surface area contributed by atoms with Crippen LogP contribution in [0.25, 0.3) is 5.52 Å². The van der Waals surface area contributed by atoms with Gasteiger partial charge in [-0.2, -0.15) is 5.10 Å². The Morgan fingerprint density at radius 1 is 0.552 bits per heavy atom. The van der Waals surface area contributed by atoms with Crippen LogP contribution in [-0.2, 0) is 42.3 Å². The second kappa shape index (κ2) is 33.0. The fourth-order valence-corrected chi connectivity index (χ4v) is 12.2. The molecule has 21 heteroatoms. The Morgan fingerprint density at radius 2 is 0.954 bits per heavy atom. The zero-order chi connectivity index (χ0) is 62.6. The number of likely N-dealkylation sites (tertiary alicyclic amines) is 3. The van der Waals surface area contributed by atoms with E-state index in [9.17, 15) is 24.0 Å². The van der Waals surface area contributed by atoms with Gasteiger partial charge in [0.2, 0.25) is 5.91 Å². The Balaban J connectivity index is 0.000000176. The first-order chi connectivity index (χ1) is 42.0. The van der Waals surface area contributed by atoms with E-state index in [0.717, 1.165) is 109 Å². The maximum absolute atomic E-state index is 12.7. The summed E-state index contributed by atoms with van der Waals surface area (Å²) in [6, 6.07) is 31.3. The zero-order valence-corrected chi connectivity index (χ0v) is 52.5. The lowest BCUT2D eigenvalue weighted by Gasteiger charge is -2.16. The molecule has 21 nitrogen and oxygen atoms in total. The topological polar surface area (TPSA) is 282 Å². The van der Waals surface area contributed by atoms with Crippen LogP contribution in [0.4, 0.5) is 0 Å². The third kappa shape index (κ3) is 18.2. The Kier molecular flexibility index (Phi) is 25.3. The van der Waals surface area contributed by atoms with Crippen molar-refractivity contribution in [3.8, 4) is 0 Å². The summed E-state index contributed by atoms with van der Waals surface area (Å²) in [5, 5.41) is 32.6. The molecule has 1 amide bonds. The number of carbonyl (C=O) groups is 2.